The molecule has 2 aliphatic rings. The van der Waals surface area contributed by atoms with Gasteiger partial charge < -0.3 is 21.5 Å². The highest BCUT2D eigenvalue weighted by molar-refractivity contribution is 6.18. The highest BCUT2D eigenvalue weighted by Gasteiger charge is 2.31. The van der Waals surface area contributed by atoms with E-state index in [1.807, 2.05) is 18.7 Å². The van der Waals surface area contributed by atoms with Gasteiger partial charge in [0, 0.05) is 18.3 Å². The number of para-hydroxylation sites is 1. The summed E-state index contributed by atoms with van der Waals surface area (Å²) in [5.74, 6) is 1.14. The lowest BCUT2D eigenvalue weighted by molar-refractivity contribution is 0.118. The van der Waals surface area contributed by atoms with Gasteiger partial charge in [-0.2, -0.15) is 0 Å². The Morgan fingerprint density at radius 3 is 2.66 bits per heavy atom. The minimum Gasteiger partial charge on any atom is -0.403 e. The van der Waals surface area contributed by atoms with Crippen molar-refractivity contribution in [3.63, 3.8) is 0 Å². The number of benzene rings is 1. The fourth-order valence-electron chi connectivity index (χ4n) is 3.54. The molecule has 0 bridgehead atoms. The van der Waals surface area contributed by atoms with Gasteiger partial charge in [0.1, 0.15) is 17.3 Å². The van der Waals surface area contributed by atoms with Gasteiger partial charge in [-0.3, -0.25) is 4.90 Å². The lowest BCUT2D eigenvalue weighted by atomic mass is 9.93. The van der Waals surface area contributed by atoms with E-state index < -0.39 is 0 Å². The van der Waals surface area contributed by atoms with Crippen LogP contribution in [0.2, 0.25) is 0 Å². The monoisotopic (exact) mass is 400 g/mol. The highest BCUT2D eigenvalue weighted by Crippen LogP contribution is 2.23. The maximum absolute atomic E-state index is 14.1. The third kappa shape index (κ3) is 4.95. The molecule has 0 spiro atoms. The zero-order chi connectivity index (χ0) is 21.0. The number of nitrogens with zero attached hydrogens (tertiary/aromatic N) is 3. The molecular formula is C21H29FN6O. The summed E-state index contributed by atoms with van der Waals surface area (Å²) in [6.07, 6.45) is 4.45. The molecule has 7 nitrogen and oxygen atoms in total. The summed E-state index contributed by atoms with van der Waals surface area (Å²) in [5, 5.41) is 16.0. The van der Waals surface area contributed by atoms with E-state index in [-0.39, 0.29) is 24.0 Å². The van der Waals surface area contributed by atoms with Crippen molar-refractivity contribution in [2.24, 2.45) is 15.7 Å². The Bertz CT molecular complexity index is 839. The highest BCUT2D eigenvalue weighted by atomic mass is 19.1. The number of aliphatic imine (C=N–C) groups is 2. The van der Waals surface area contributed by atoms with Crippen LogP contribution in [-0.4, -0.2) is 40.0 Å². The fraction of sp³-hybridized carbons (Fsp3) is 0.429. The van der Waals surface area contributed by atoms with E-state index in [1.165, 1.54) is 12.3 Å². The van der Waals surface area contributed by atoms with Crippen LogP contribution < -0.4 is 16.4 Å². The van der Waals surface area contributed by atoms with Crippen molar-refractivity contribution in [3.8, 4) is 0 Å². The van der Waals surface area contributed by atoms with E-state index in [2.05, 4.69) is 27.2 Å². The Morgan fingerprint density at radius 1 is 1.34 bits per heavy atom. The van der Waals surface area contributed by atoms with Crippen LogP contribution in [0.15, 0.2) is 58.5 Å². The third-order valence-electron chi connectivity index (χ3n) is 5.01. The second kappa shape index (κ2) is 9.09. The zero-order valence-corrected chi connectivity index (χ0v) is 16.9. The molecule has 5 N–H and O–H groups in total. The SMILES string of the molecule is C=C(/N=C1\C(=C/N)N=C(Nc2ccccc2F)N1C(C)C)NC1CCC(O)CC1. The summed E-state index contributed by atoms with van der Waals surface area (Å²) in [6, 6.07) is 6.65. The van der Waals surface area contributed by atoms with Crippen molar-refractivity contribution in [2.75, 3.05) is 5.32 Å². The summed E-state index contributed by atoms with van der Waals surface area (Å²) in [5.41, 5.74) is 6.60. The minimum atomic E-state index is -0.367. The second-order valence-corrected chi connectivity index (χ2v) is 7.59. The Kier molecular flexibility index (Phi) is 6.53. The van der Waals surface area contributed by atoms with E-state index in [4.69, 9.17) is 5.73 Å². The van der Waals surface area contributed by atoms with E-state index in [9.17, 15) is 9.50 Å². The summed E-state index contributed by atoms with van der Waals surface area (Å²) in [7, 11) is 0. The Balaban J connectivity index is 1.79. The summed E-state index contributed by atoms with van der Waals surface area (Å²) in [4.78, 5) is 11.0. The summed E-state index contributed by atoms with van der Waals surface area (Å²) in [6.45, 7) is 8.01. The molecule has 0 amide bonds. The van der Waals surface area contributed by atoms with Crippen LogP contribution in [0.3, 0.4) is 0 Å². The summed E-state index contributed by atoms with van der Waals surface area (Å²) < 4.78 is 14.1. The molecule has 1 aromatic rings. The predicted octanol–water partition coefficient (Wildman–Crippen LogP) is 2.88. The zero-order valence-electron chi connectivity index (χ0n) is 16.9. The van der Waals surface area contributed by atoms with Gasteiger partial charge in [0.15, 0.2) is 5.84 Å². The molecular weight excluding hydrogens is 371 g/mol. The quantitative estimate of drug-likeness (QED) is 0.609. The number of halogens is 1. The van der Waals surface area contributed by atoms with Gasteiger partial charge in [-0.25, -0.2) is 14.4 Å². The van der Waals surface area contributed by atoms with Gasteiger partial charge in [0.2, 0.25) is 5.96 Å². The average molecular weight is 401 g/mol. The van der Waals surface area contributed by atoms with Gasteiger partial charge in [-0.1, -0.05) is 18.7 Å². The molecule has 3 rings (SSSR count). The lowest BCUT2D eigenvalue weighted by Crippen LogP contribution is -2.42. The number of rotatable bonds is 5. The van der Waals surface area contributed by atoms with Crippen LogP contribution >= 0.6 is 0 Å². The molecule has 0 radical (unpaired) electrons. The van der Waals surface area contributed by atoms with Crippen molar-refractivity contribution in [2.45, 2.75) is 57.7 Å². The number of guanidine groups is 1. The fourth-order valence-corrected chi connectivity index (χ4v) is 3.54. The molecule has 8 heteroatoms. The van der Waals surface area contributed by atoms with Crippen LogP contribution in [-0.2, 0) is 0 Å². The van der Waals surface area contributed by atoms with Crippen molar-refractivity contribution >= 4 is 17.5 Å². The van der Waals surface area contributed by atoms with Crippen LogP contribution in [0.5, 0.6) is 0 Å². The van der Waals surface area contributed by atoms with Gasteiger partial charge in [0.25, 0.3) is 0 Å². The van der Waals surface area contributed by atoms with E-state index >= 15 is 0 Å². The first kappa shape index (κ1) is 20.9. The second-order valence-electron chi connectivity index (χ2n) is 7.59. The maximum atomic E-state index is 14.1. The van der Waals surface area contributed by atoms with Crippen molar-refractivity contribution in [1.82, 2.24) is 10.2 Å². The summed E-state index contributed by atoms with van der Waals surface area (Å²) >= 11 is 0. The predicted molar refractivity (Wildman–Crippen MR) is 115 cm³/mol. The average Bonchev–Trinajstić information content (AvgIpc) is 3.02. The Morgan fingerprint density at radius 2 is 2.03 bits per heavy atom. The molecule has 29 heavy (non-hydrogen) atoms. The first-order valence-electron chi connectivity index (χ1n) is 9.93. The largest absolute Gasteiger partial charge is 0.403 e. The van der Waals surface area contributed by atoms with Crippen LogP contribution in [0, 0.1) is 5.82 Å². The Hall–Kier alpha value is -2.87. The molecule has 1 heterocycles. The van der Waals surface area contributed by atoms with Gasteiger partial charge in [0.05, 0.1) is 11.8 Å². The Labute approximate surface area is 170 Å². The number of hydrogen-bond acceptors (Lipinski definition) is 6. The number of amidine groups is 1. The van der Waals surface area contributed by atoms with Gasteiger partial charge in [-0.05, 0) is 51.7 Å². The van der Waals surface area contributed by atoms with E-state index in [0.29, 0.717) is 29.0 Å². The number of nitrogens with one attached hydrogen (secondary N) is 2. The smallest absolute Gasteiger partial charge is 0.210 e. The number of aliphatic hydroxyl groups is 1. The number of anilines is 1. The molecule has 0 saturated heterocycles. The number of aliphatic hydroxyl groups excluding tert-OH is 1. The molecule has 1 aromatic carbocycles. The molecule has 0 atom stereocenters. The first-order valence-corrected chi connectivity index (χ1v) is 9.93. The van der Waals surface area contributed by atoms with E-state index in [0.717, 1.165) is 25.7 Å². The lowest BCUT2D eigenvalue weighted by Gasteiger charge is -2.28. The van der Waals surface area contributed by atoms with E-state index in [1.54, 1.807) is 18.2 Å². The van der Waals surface area contributed by atoms with Crippen LogP contribution in [0.4, 0.5) is 10.1 Å². The van der Waals surface area contributed by atoms with Crippen molar-refractivity contribution < 1.29 is 9.50 Å². The number of nitrogens with two attached hydrogens (primary N) is 1. The standard InChI is InChI=1S/C21H29FN6O/c1-13(2)28-20(25-14(3)24-15-8-10-16(29)11-9-15)19(12-23)27-21(28)26-18-7-5-4-6-17(18)22/h4-7,12-13,15-16,24,29H,3,8-11,23H2,1-2H3,(H,26,27)/b19-12+,25-20+. The van der Waals surface area contributed by atoms with Gasteiger partial charge in [-0.15, -0.1) is 0 Å². The first-order chi connectivity index (χ1) is 13.9. The molecule has 1 aliphatic carbocycles. The molecule has 156 valence electrons. The molecule has 1 fully saturated rings. The molecule has 1 saturated carbocycles. The third-order valence-corrected chi connectivity index (χ3v) is 5.01. The van der Waals surface area contributed by atoms with Crippen LogP contribution in [0.1, 0.15) is 39.5 Å². The maximum Gasteiger partial charge on any atom is 0.210 e. The minimum absolute atomic E-state index is 0.00171. The van der Waals surface area contributed by atoms with Crippen molar-refractivity contribution in [3.05, 3.63) is 54.4 Å². The molecule has 0 aromatic heterocycles. The number of hydrogen-bond donors (Lipinski definition) is 4. The van der Waals surface area contributed by atoms with Gasteiger partial charge >= 0.3 is 0 Å². The molecule has 0 unspecified atom stereocenters. The van der Waals surface area contributed by atoms with Crippen LogP contribution in [0.25, 0.3) is 0 Å². The van der Waals surface area contributed by atoms with Crippen molar-refractivity contribution in [1.29, 1.82) is 0 Å². The normalized spacial score (nSPS) is 24.9. The molecule has 1 aliphatic heterocycles. The topological polar surface area (TPSA) is 98.3 Å².